The number of hydrogen-bond donors (Lipinski definition) is 0. The molecule has 8 heteroatoms. The van der Waals surface area contributed by atoms with Crippen LogP contribution in [-0.2, 0) is 11.3 Å². The molecule has 2 aliphatic heterocycles. The molecule has 2 atom stereocenters. The van der Waals surface area contributed by atoms with Crippen molar-refractivity contribution in [3.8, 4) is 5.75 Å². The van der Waals surface area contributed by atoms with Gasteiger partial charge in [0.25, 0.3) is 0 Å². The zero-order valence-corrected chi connectivity index (χ0v) is 19.2. The lowest BCUT2D eigenvalue weighted by Crippen LogP contribution is -2.59. The number of amides is 1. The van der Waals surface area contributed by atoms with E-state index >= 15 is 0 Å². The maximum atomic E-state index is 13.0. The average molecular weight is 440 g/mol. The fourth-order valence-corrected chi connectivity index (χ4v) is 4.65. The zero-order valence-electron chi connectivity index (χ0n) is 19.2. The van der Waals surface area contributed by atoms with Crippen molar-refractivity contribution in [2.75, 3.05) is 38.2 Å². The number of hydrogen-bond acceptors (Lipinski definition) is 7. The predicted molar refractivity (Wildman–Crippen MR) is 123 cm³/mol. The third kappa shape index (κ3) is 5.30. The number of carbonyl (C=O) groups excluding carboxylic acids is 1. The van der Waals surface area contributed by atoms with Crippen LogP contribution in [0.4, 0.5) is 10.7 Å². The fraction of sp³-hybridized carbons (Fsp3) is 0.542. The molecule has 2 saturated heterocycles. The SMILES string of the molecule is COc1cnc(N2C[C@@H](C)N(C(=O)OC3CCN(Cc4ccccc4)CC3)[C@@H](C)C2)nc1. The van der Waals surface area contributed by atoms with Crippen LogP contribution in [0.3, 0.4) is 0 Å². The Morgan fingerprint density at radius 1 is 1.03 bits per heavy atom. The molecule has 0 N–H and O–H groups in total. The van der Waals surface area contributed by atoms with Crippen molar-refractivity contribution in [3.63, 3.8) is 0 Å². The van der Waals surface area contributed by atoms with Gasteiger partial charge in [0.2, 0.25) is 5.95 Å². The number of piperazine rings is 1. The van der Waals surface area contributed by atoms with E-state index in [4.69, 9.17) is 9.47 Å². The lowest BCUT2D eigenvalue weighted by atomic mass is 10.1. The van der Waals surface area contributed by atoms with Crippen LogP contribution in [0.15, 0.2) is 42.7 Å². The van der Waals surface area contributed by atoms with Gasteiger partial charge in [-0.1, -0.05) is 30.3 Å². The summed E-state index contributed by atoms with van der Waals surface area (Å²) < 4.78 is 11.1. The highest BCUT2D eigenvalue weighted by Crippen LogP contribution is 2.23. The van der Waals surface area contributed by atoms with Gasteiger partial charge in [0, 0.05) is 32.7 Å². The van der Waals surface area contributed by atoms with Crippen molar-refractivity contribution in [3.05, 3.63) is 48.3 Å². The van der Waals surface area contributed by atoms with E-state index < -0.39 is 0 Å². The molecule has 8 nitrogen and oxygen atoms in total. The van der Waals surface area contributed by atoms with E-state index in [-0.39, 0.29) is 24.3 Å². The summed E-state index contributed by atoms with van der Waals surface area (Å²) in [6.07, 6.45) is 4.87. The van der Waals surface area contributed by atoms with Gasteiger partial charge in [-0.05, 0) is 32.3 Å². The molecule has 2 aromatic rings. The molecule has 1 aromatic heterocycles. The van der Waals surface area contributed by atoms with Gasteiger partial charge in [-0.2, -0.15) is 0 Å². The molecule has 172 valence electrons. The summed E-state index contributed by atoms with van der Waals surface area (Å²) in [5, 5.41) is 0. The lowest BCUT2D eigenvalue weighted by Gasteiger charge is -2.44. The minimum Gasteiger partial charge on any atom is -0.494 e. The van der Waals surface area contributed by atoms with E-state index in [9.17, 15) is 4.79 Å². The molecule has 1 aromatic carbocycles. The Kier molecular flexibility index (Phi) is 7.09. The smallest absolute Gasteiger partial charge is 0.410 e. The van der Waals surface area contributed by atoms with Crippen LogP contribution in [0.25, 0.3) is 0 Å². The van der Waals surface area contributed by atoms with Crippen LogP contribution in [0, 0.1) is 0 Å². The lowest BCUT2D eigenvalue weighted by molar-refractivity contribution is 0.00996. The van der Waals surface area contributed by atoms with E-state index in [0.717, 1.165) is 32.5 Å². The summed E-state index contributed by atoms with van der Waals surface area (Å²) in [6, 6.07) is 10.5. The molecular formula is C24H33N5O3. The number of likely N-dealkylation sites (tertiary alicyclic amines) is 1. The van der Waals surface area contributed by atoms with Crippen molar-refractivity contribution in [2.45, 2.75) is 51.4 Å². The maximum absolute atomic E-state index is 13.0. The quantitative estimate of drug-likeness (QED) is 0.709. The molecular weight excluding hydrogens is 406 g/mol. The summed E-state index contributed by atoms with van der Waals surface area (Å²) in [6.45, 7) is 8.28. The minimum absolute atomic E-state index is 0.00937. The van der Waals surface area contributed by atoms with Gasteiger partial charge >= 0.3 is 6.09 Å². The first-order valence-corrected chi connectivity index (χ1v) is 11.4. The molecule has 2 fully saturated rings. The van der Waals surface area contributed by atoms with Crippen molar-refractivity contribution >= 4 is 12.0 Å². The third-order valence-electron chi connectivity index (χ3n) is 6.31. The van der Waals surface area contributed by atoms with Crippen LogP contribution in [0.2, 0.25) is 0 Å². The van der Waals surface area contributed by atoms with E-state index in [0.29, 0.717) is 24.8 Å². The highest BCUT2D eigenvalue weighted by Gasteiger charge is 2.36. The van der Waals surface area contributed by atoms with Gasteiger partial charge in [0.05, 0.1) is 31.6 Å². The summed E-state index contributed by atoms with van der Waals surface area (Å²) in [7, 11) is 1.60. The van der Waals surface area contributed by atoms with Gasteiger partial charge in [-0.15, -0.1) is 0 Å². The molecule has 0 spiro atoms. The number of carbonyl (C=O) groups is 1. The number of ether oxygens (including phenoxy) is 2. The van der Waals surface area contributed by atoms with Gasteiger partial charge in [0.15, 0.2) is 5.75 Å². The number of anilines is 1. The molecule has 0 bridgehead atoms. The molecule has 0 saturated carbocycles. The zero-order chi connectivity index (χ0) is 22.5. The van der Waals surface area contributed by atoms with E-state index in [2.05, 4.69) is 57.9 Å². The Morgan fingerprint density at radius 3 is 2.25 bits per heavy atom. The maximum Gasteiger partial charge on any atom is 0.410 e. The largest absolute Gasteiger partial charge is 0.494 e. The van der Waals surface area contributed by atoms with Crippen LogP contribution >= 0.6 is 0 Å². The fourth-order valence-electron chi connectivity index (χ4n) is 4.65. The van der Waals surface area contributed by atoms with Crippen LogP contribution in [-0.4, -0.2) is 77.3 Å². The molecule has 0 unspecified atom stereocenters. The Labute approximate surface area is 190 Å². The normalized spacial score (nSPS) is 22.6. The molecule has 0 aliphatic carbocycles. The highest BCUT2D eigenvalue weighted by molar-refractivity contribution is 5.69. The second kappa shape index (κ2) is 10.2. The predicted octanol–water partition coefficient (Wildman–Crippen LogP) is 3.19. The number of piperidine rings is 1. The Morgan fingerprint density at radius 2 is 1.66 bits per heavy atom. The second-order valence-electron chi connectivity index (χ2n) is 8.78. The first kappa shape index (κ1) is 22.3. The first-order chi connectivity index (χ1) is 15.5. The van der Waals surface area contributed by atoms with Crippen LogP contribution < -0.4 is 9.64 Å². The van der Waals surface area contributed by atoms with Crippen LogP contribution in [0.1, 0.15) is 32.3 Å². The van der Waals surface area contributed by atoms with E-state index in [1.807, 2.05) is 11.0 Å². The minimum atomic E-state index is -0.207. The molecule has 1 amide bonds. The summed E-state index contributed by atoms with van der Waals surface area (Å²) in [4.78, 5) is 28.2. The Hall–Kier alpha value is -2.87. The number of benzene rings is 1. The summed E-state index contributed by atoms with van der Waals surface area (Å²) >= 11 is 0. The second-order valence-corrected chi connectivity index (χ2v) is 8.78. The highest BCUT2D eigenvalue weighted by atomic mass is 16.6. The van der Waals surface area contributed by atoms with Crippen molar-refractivity contribution in [1.82, 2.24) is 19.8 Å². The average Bonchev–Trinajstić information content (AvgIpc) is 2.80. The molecule has 2 aliphatic rings. The number of rotatable bonds is 5. The van der Waals surface area contributed by atoms with Gasteiger partial charge < -0.3 is 14.4 Å². The Balaban J connectivity index is 1.27. The molecule has 32 heavy (non-hydrogen) atoms. The number of nitrogens with zero attached hydrogens (tertiary/aromatic N) is 5. The first-order valence-electron chi connectivity index (χ1n) is 11.4. The van der Waals surface area contributed by atoms with Gasteiger partial charge in [-0.25, -0.2) is 14.8 Å². The van der Waals surface area contributed by atoms with Crippen molar-refractivity contribution in [1.29, 1.82) is 0 Å². The van der Waals surface area contributed by atoms with Crippen LogP contribution in [0.5, 0.6) is 5.75 Å². The van der Waals surface area contributed by atoms with E-state index in [1.54, 1.807) is 19.5 Å². The van der Waals surface area contributed by atoms with Gasteiger partial charge in [0.1, 0.15) is 6.10 Å². The Bertz CT molecular complexity index is 859. The van der Waals surface area contributed by atoms with E-state index in [1.165, 1.54) is 5.56 Å². The van der Waals surface area contributed by atoms with Gasteiger partial charge in [-0.3, -0.25) is 9.80 Å². The monoisotopic (exact) mass is 439 g/mol. The van der Waals surface area contributed by atoms with Crippen molar-refractivity contribution < 1.29 is 14.3 Å². The summed E-state index contributed by atoms with van der Waals surface area (Å²) in [5.41, 5.74) is 1.32. The van der Waals surface area contributed by atoms with Crippen molar-refractivity contribution in [2.24, 2.45) is 0 Å². The standard InChI is InChI=1S/C24H33N5O3/c1-18-15-28(23-25-13-22(31-3)14-26-23)16-19(2)29(18)24(30)32-21-9-11-27(12-10-21)17-20-7-5-4-6-8-20/h4-8,13-14,18-19,21H,9-12,15-17H2,1-3H3/t18-,19+. The molecule has 3 heterocycles. The third-order valence-corrected chi connectivity index (χ3v) is 6.31. The molecule has 0 radical (unpaired) electrons. The number of aromatic nitrogens is 2. The summed E-state index contributed by atoms with van der Waals surface area (Å²) in [5.74, 6) is 1.29. The number of methoxy groups -OCH3 is 1. The topological polar surface area (TPSA) is 71.0 Å². The molecule has 4 rings (SSSR count).